The number of rotatable bonds is 2. The van der Waals surface area contributed by atoms with E-state index in [0.29, 0.717) is 11.7 Å². The van der Waals surface area contributed by atoms with E-state index in [-0.39, 0.29) is 11.8 Å². The average Bonchev–Trinajstić information content (AvgIpc) is 2.38. The van der Waals surface area contributed by atoms with Crippen molar-refractivity contribution < 1.29 is 9.18 Å². The Balaban J connectivity index is 2.02. The molecule has 0 saturated carbocycles. The Bertz CT molecular complexity index is 422. The molecule has 0 unspecified atom stereocenters. The first-order valence-electron chi connectivity index (χ1n) is 6.54. The van der Waals surface area contributed by atoms with Gasteiger partial charge in [0.2, 0.25) is 0 Å². The normalized spacial score (nSPS) is 19.7. The summed E-state index contributed by atoms with van der Waals surface area (Å²) in [5.41, 5.74) is 0.514. The van der Waals surface area contributed by atoms with Gasteiger partial charge in [-0.15, -0.1) is 0 Å². The SMILES string of the molecule is CC[C@H]1CCCCN1C(=O)Nc1cccc(F)c1. The number of nitrogens with zero attached hydrogens (tertiary/aromatic N) is 1. The highest BCUT2D eigenvalue weighted by molar-refractivity contribution is 5.89. The highest BCUT2D eigenvalue weighted by Gasteiger charge is 2.25. The minimum absolute atomic E-state index is 0.118. The number of urea groups is 1. The summed E-state index contributed by atoms with van der Waals surface area (Å²) in [6.07, 6.45) is 4.26. The van der Waals surface area contributed by atoms with Gasteiger partial charge in [0.05, 0.1) is 0 Å². The Kier molecular flexibility index (Phi) is 4.18. The molecule has 0 aliphatic carbocycles. The zero-order chi connectivity index (χ0) is 13.0. The van der Waals surface area contributed by atoms with Gasteiger partial charge < -0.3 is 10.2 Å². The summed E-state index contributed by atoms with van der Waals surface area (Å²) in [6.45, 7) is 2.89. The highest BCUT2D eigenvalue weighted by Crippen LogP contribution is 2.20. The molecule has 18 heavy (non-hydrogen) atoms. The monoisotopic (exact) mass is 250 g/mol. The molecule has 0 bridgehead atoms. The number of nitrogens with one attached hydrogen (secondary N) is 1. The highest BCUT2D eigenvalue weighted by atomic mass is 19.1. The van der Waals surface area contributed by atoms with Crippen molar-refractivity contribution in [1.82, 2.24) is 4.90 Å². The molecule has 98 valence electrons. The van der Waals surface area contributed by atoms with Crippen LogP contribution in [0.3, 0.4) is 0 Å². The van der Waals surface area contributed by atoms with Crippen molar-refractivity contribution in [2.45, 2.75) is 38.6 Å². The fourth-order valence-electron chi connectivity index (χ4n) is 2.45. The van der Waals surface area contributed by atoms with Crippen molar-refractivity contribution in [3.63, 3.8) is 0 Å². The van der Waals surface area contributed by atoms with E-state index in [1.807, 2.05) is 4.90 Å². The molecule has 1 aromatic carbocycles. The maximum atomic E-state index is 13.0. The van der Waals surface area contributed by atoms with Crippen molar-refractivity contribution in [2.24, 2.45) is 0 Å². The number of hydrogen-bond acceptors (Lipinski definition) is 1. The smallest absolute Gasteiger partial charge is 0.322 e. The van der Waals surface area contributed by atoms with E-state index < -0.39 is 0 Å². The third-order valence-electron chi connectivity index (χ3n) is 3.44. The predicted molar refractivity (Wildman–Crippen MR) is 70.1 cm³/mol. The number of amides is 2. The van der Waals surface area contributed by atoms with Crippen molar-refractivity contribution >= 4 is 11.7 Å². The van der Waals surface area contributed by atoms with Crippen LogP contribution in [0.1, 0.15) is 32.6 Å². The maximum Gasteiger partial charge on any atom is 0.322 e. The Morgan fingerprint density at radius 1 is 1.50 bits per heavy atom. The number of piperidine rings is 1. The van der Waals surface area contributed by atoms with E-state index in [2.05, 4.69) is 12.2 Å². The van der Waals surface area contributed by atoms with Crippen molar-refractivity contribution in [3.8, 4) is 0 Å². The first-order valence-corrected chi connectivity index (χ1v) is 6.54. The predicted octanol–water partition coefficient (Wildman–Crippen LogP) is 3.62. The first-order chi connectivity index (χ1) is 8.70. The summed E-state index contributed by atoms with van der Waals surface area (Å²) in [5.74, 6) is -0.335. The maximum absolute atomic E-state index is 13.0. The second kappa shape index (κ2) is 5.85. The van der Waals surface area contributed by atoms with Gasteiger partial charge in [-0.1, -0.05) is 13.0 Å². The summed E-state index contributed by atoms with van der Waals surface area (Å²) in [7, 11) is 0. The molecule has 1 aliphatic heterocycles. The zero-order valence-electron chi connectivity index (χ0n) is 10.7. The van der Waals surface area contributed by atoms with Crippen LogP contribution < -0.4 is 5.32 Å². The van der Waals surface area contributed by atoms with E-state index in [1.54, 1.807) is 12.1 Å². The molecule has 0 aromatic heterocycles. The quantitative estimate of drug-likeness (QED) is 0.854. The van der Waals surface area contributed by atoms with Gasteiger partial charge in [0.25, 0.3) is 0 Å². The molecule has 1 aromatic rings. The number of halogens is 1. The topological polar surface area (TPSA) is 32.3 Å². The lowest BCUT2D eigenvalue weighted by atomic mass is 10.0. The summed E-state index contributed by atoms with van der Waals surface area (Å²) < 4.78 is 13.0. The molecule has 3 nitrogen and oxygen atoms in total. The molecule has 1 aliphatic rings. The molecule has 0 spiro atoms. The third kappa shape index (κ3) is 3.00. The van der Waals surface area contributed by atoms with Crippen LogP contribution in [0.4, 0.5) is 14.9 Å². The van der Waals surface area contributed by atoms with Gasteiger partial charge >= 0.3 is 6.03 Å². The zero-order valence-corrected chi connectivity index (χ0v) is 10.7. The molecule has 1 atom stereocenters. The molecule has 2 rings (SSSR count). The molecule has 2 amide bonds. The Labute approximate surface area is 107 Å². The van der Waals surface area contributed by atoms with E-state index in [0.717, 1.165) is 25.8 Å². The Morgan fingerprint density at radius 3 is 3.06 bits per heavy atom. The van der Waals surface area contributed by atoms with Crippen LogP contribution in [0, 0.1) is 5.82 Å². The largest absolute Gasteiger partial charge is 0.322 e. The van der Waals surface area contributed by atoms with Crippen LogP contribution >= 0.6 is 0 Å². The van der Waals surface area contributed by atoms with Crippen LogP contribution in [0.15, 0.2) is 24.3 Å². The molecule has 1 fully saturated rings. The lowest BCUT2D eigenvalue weighted by molar-refractivity contribution is 0.160. The van der Waals surface area contributed by atoms with Crippen molar-refractivity contribution in [1.29, 1.82) is 0 Å². The molecule has 1 saturated heterocycles. The standard InChI is InChI=1S/C14H19FN2O/c1-2-13-8-3-4-9-17(13)14(18)16-12-7-5-6-11(15)10-12/h5-7,10,13H,2-4,8-9H2,1H3,(H,16,18)/t13-/m0/s1. The number of benzene rings is 1. The van der Waals surface area contributed by atoms with Crippen LogP contribution in [0.25, 0.3) is 0 Å². The number of hydrogen-bond donors (Lipinski definition) is 1. The van der Waals surface area contributed by atoms with Crippen LogP contribution in [0.5, 0.6) is 0 Å². The first kappa shape index (κ1) is 12.9. The van der Waals surface area contributed by atoms with Gasteiger partial charge in [0.15, 0.2) is 0 Å². The Morgan fingerprint density at radius 2 is 2.33 bits per heavy atom. The van der Waals surface area contributed by atoms with E-state index in [9.17, 15) is 9.18 Å². The van der Waals surface area contributed by atoms with E-state index >= 15 is 0 Å². The van der Waals surface area contributed by atoms with Crippen molar-refractivity contribution in [2.75, 3.05) is 11.9 Å². The molecule has 4 heteroatoms. The third-order valence-corrected chi connectivity index (χ3v) is 3.44. The number of anilines is 1. The Hall–Kier alpha value is -1.58. The summed E-state index contributed by atoms with van der Waals surface area (Å²) in [4.78, 5) is 14.0. The number of carbonyl (C=O) groups is 1. The molecule has 1 N–H and O–H groups in total. The molecular weight excluding hydrogens is 231 g/mol. The molecule has 1 heterocycles. The second-order valence-corrected chi connectivity index (χ2v) is 4.69. The van der Waals surface area contributed by atoms with E-state index in [4.69, 9.17) is 0 Å². The van der Waals surface area contributed by atoms with Crippen LogP contribution in [-0.4, -0.2) is 23.5 Å². The molecular formula is C14H19FN2O. The summed E-state index contributed by atoms with van der Waals surface area (Å²) >= 11 is 0. The number of carbonyl (C=O) groups excluding carboxylic acids is 1. The lowest BCUT2D eigenvalue weighted by Gasteiger charge is -2.35. The summed E-state index contributed by atoms with van der Waals surface area (Å²) in [5, 5.41) is 2.76. The second-order valence-electron chi connectivity index (χ2n) is 4.69. The van der Waals surface area contributed by atoms with Crippen molar-refractivity contribution in [3.05, 3.63) is 30.1 Å². The molecule has 0 radical (unpaired) electrons. The minimum Gasteiger partial charge on any atom is -0.322 e. The van der Waals surface area contributed by atoms with Gasteiger partial charge in [-0.3, -0.25) is 0 Å². The van der Waals surface area contributed by atoms with E-state index in [1.165, 1.54) is 18.6 Å². The fraction of sp³-hybridized carbons (Fsp3) is 0.500. The van der Waals surface area contributed by atoms with Crippen LogP contribution in [0.2, 0.25) is 0 Å². The average molecular weight is 250 g/mol. The fourth-order valence-corrected chi connectivity index (χ4v) is 2.45. The van der Waals surface area contributed by atoms with Gasteiger partial charge in [-0.25, -0.2) is 9.18 Å². The number of likely N-dealkylation sites (tertiary alicyclic amines) is 1. The van der Waals surface area contributed by atoms with Gasteiger partial charge in [0, 0.05) is 18.3 Å². The van der Waals surface area contributed by atoms with Gasteiger partial charge in [-0.05, 0) is 43.9 Å². The minimum atomic E-state index is -0.335. The lowest BCUT2D eigenvalue weighted by Crippen LogP contribution is -2.45. The van der Waals surface area contributed by atoms with Gasteiger partial charge in [-0.2, -0.15) is 0 Å². The van der Waals surface area contributed by atoms with Gasteiger partial charge in [0.1, 0.15) is 5.82 Å². The summed E-state index contributed by atoms with van der Waals surface area (Å²) in [6, 6.07) is 6.19. The van der Waals surface area contributed by atoms with Crippen LogP contribution in [-0.2, 0) is 0 Å².